The van der Waals surface area contributed by atoms with E-state index in [4.69, 9.17) is 14.6 Å². The van der Waals surface area contributed by atoms with Gasteiger partial charge in [0.05, 0.1) is 23.7 Å². The third-order valence-corrected chi connectivity index (χ3v) is 7.78. The van der Waals surface area contributed by atoms with E-state index in [1.54, 1.807) is 7.11 Å². The average Bonchev–Trinajstić information content (AvgIpc) is 2.96. The van der Waals surface area contributed by atoms with E-state index >= 15 is 0 Å². The lowest BCUT2D eigenvalue weighted by Gasteiger charge is -2.49. The highest BCUT2D eigenvalue weighted by Crippen LogP contribution is 2.45. The molecule has 12 heteroatoms. The fraction of sp³-hybridized carbons (Fsp3) is 0.750. The summed E-state index contributed by atoms with van der Waals surface area (Å²) in [5.41, 5.74) is 2.12. The first-order valence-electron chi connectivity index (χ1n) is 8.55. The Labute approximate surface area is 161 Å². The highest BCUT2D eigenvalue weighted by atomic mass is 32.2. The minimum absolute atomic E-state index is 0.136. The van der Waals surface area contributed by atoms with Gasteiger partial charge in [0.2, 0.25) is 0 Å². The van der Waals surface area contributed by atoms with Crippen molar-refractivity contribution in [3.05, 3.63) is 17.5 Å². The molecule has 1 aromatic heterocycles. The molecule has 3 heterocycles. The Kier molecular flexibility index (Phi) is 6.46. The summed E-state index contributed by atoms with van der Waals surface area (Å²) < 4.78 is 63.1. The van der Waals surface area contributed by atoms with E-state index < -0.39 is 26.7 Å². The van der Waals surface area contributed by atoms with Crippen molar-refractivity contribution < 1.29 is 36.2 Å². The number of carbonyl (C=O) groups is 1. The number of carboxylic acid groups (broad SMARTS) is 1. The standard InChI is InChI=1S/C14H23N3O3S.C2HF3O2/c1-11-6-13(16(2)15-11)7-17-9-14(10-17)12(8-20-3)4-5-21(14,18)19;3-2(4,5)1(6)7/h6,12H,4-5,7-10H2,1-3H3;(H,6,7). The number of aromatic nitrogens is 2. The Bertz CT molecular complexity index is 816. The number of hydrogen-bond donors (Lipinski definition) is 1. The highest BCUT2D eigenvalue weighted by molar-refractivity contribution is 7.93. The fourth-order valence-corrected chi connectivity index (χ4v) is 6.23. The van der Waals surface area contributed by atoms with Gasteiger partial charge in [-0.05, 0) is 19.4 Å². The number of carboxylic acids is 1. The van der Waals surface area contributed by atoms with Crippen LogP contribution >= 0.6 is 0 Å². The zero-order valence-corrected chi connectivity index (χ0v) is 16.7. The van der Waals surface area contributed by atoms with Gasteiger partial charge in [0.1, 0.15) is 4.75 Å². The second kappa shape index (κ2) is 7.99. The van der Waals surface area contributed by atoms with Gasteiger partial charge < -0.3 is 9.84 Å². The van der Waals surface area contributed by atoms with Gasteiger partial charge in [-0.3, -0.25) is 9.58 Å². The number of aliphatic carboxylic acids is 1. The van der Waals surface area contributed by atoms with E-state index in [1.165, 1.54) is 0 Å². The molecule has 0 amide bonds. The van der Waals surface area contributed by atoms with Crippen molar-refractivity contribution in [2.75, 3.05) is 32.6 Å². The summed E-state index contributed by atoms with van der Waals surface area (Å²) in [6.07, 6.45) is -4.35. The van der Waals surface area contributed by atoms with E-state index in [0.717, 1.165) is 24.4 Å². The van der Waals surface area contributed by atoms with E-state index in [-0.39, 0.29) is 5.92 Å². The van der Waals surface area contributed by atoms with Gasteiger partial charge in [-0.2, -0.15) is 18.3 Å². The zero-order chi connectivity index (χ0) is 21.3. The molecule has 2 aliphatic heterocycles. The third kappa shape index (κ3) is 4.49. The minimum atomic E-state index is -5.08. The molecule has 1 unspecified atom stereocenters. The molecule has 1 aromatic rings. The van der Waals surface area contributed by atoms with E-state index in [9.17, 15) is 21.6 Å². The molecule has 2 fully saturated rings. The number of rotatable bonds is 4. The lowest BCUT2D eigenvalue weighted by Crippen LogP contribution is -2.67. The quantitative estimate of drug-likeness (QED) is 0.765. The highest BCUT2D eigenvalue weighted by Gasteiger charge is 2.61. The molecule has 0 aromatic carbocycles. The number of hydrogen-bond acceptors (Lipinski definition) is 6. The lowest BCUT2D eigenvalue weighted by molar-refractivity contribution is -0.192. The molecule has 0 radical (unpaired) electrons. The number of methoxy groups -OCH3 is 1. The van der Waals surface area contributed by atoms with Crippen LogP contribution in [-0.4, -0.2) is 77.7 Å². The van der Waals surface area contributed by atoms with Crippen molar-refractivity contribution in [2.24, 2.45) is 13.0 Å². The van der Waals surface area contributed by atoms with Crippen LogP contribution in [0.1, 0.15) is 17.8 Å². The number of halogens is 3. The summed E-state index contributed by atoms with van der Waals surface area (Å²) in [7, 11) is 0.579. The molecule has 2 aliphatic rings. The lowest BCUT2D eigenvalue weighted by atomic mass is 9.83. The normalized spacial score (nSPS) is 23.1. The molecule has 160 valence electrons. The first-order valence-corrected chi connectivity index (χ1v) is 10.2. The third-order valence-electron chi connectivity index (χ3n) is 5.18. The molecule has 0 saturated carbocycles. The summed E-state index contributed by atoms with van der Waals surface area (Å²) >= 11 is 0. The van der Waals surface area contributed by atoms with Gasteiger partial charge in [-0.25, -0.2) is 13.2 Å². The molecular formula is C16H24F3N3O5S. The summed E-state index contributed by atoms with van der Waals surface area (Å²) in [5.74, 6) is -2.32. The van der Waals surface area contributed by atoms with Crippen LogP contribution in [0.4, 0.5) is 13.2 Å². The summed E-state index contributed by atoms with van der Waals surface area (Å²) in [6, 6.07) is 2.06. The number of ether oxygens (including phenoxy) is 1. The molecule has 28 heavy (non-hydrogen) atoms. The number of nitrogens with zero attached hydrogens (tertiary/aromatic N) is 3. The smallest absolute Gasteiger partial charge is 0.475 e. The van der Waals surface area contributed by atoms with Gasteiger partial charge in [0.25, 0.3) is 0 Å². The monoisotopic (exact) mass is 427 g/mol. The van der Waals surface area contributed by atoms with Crippen LogP contribution in [0.25, 0.3) is 0 Å². The van der Waals surface area contributed by atoms with Crippen molar-refractivity contribution in [3.63, 3.8) is 0 Å². The SMILES string of the molecule is COCC1CCS(=O)(=O)C12CN(Cc1cc(C)nn1C)C2.O=C(O)C(F)(F)F. The topological polar surface area (TPSA) is 102 Å². The van der Waals surface area contributed by atoms with Gasteiger partial charge in [-0.1, -0.05) is 0 Å². The second-order valence-electron chi connectivity index (χ2n) is 7.17. The molecule has 1 spiro atoms. The molecule has 0 aliphatic carbocycles. The largest absolute Gasteiger partial charge is 0.490 e. The van der Waals surface area contributed by atoms with Crippen LogP contribution in [0.15, 0.2) is 6.07 Å². The van der Waals surface area contributed by atoms with Crippen LogP contribution < -0.4 is 0 Å². The maximum absolute atomic E-state index is 12.4. The van der Waals surface area contributed by atoms with E-state index in [0.29, 0.717) is 25.4 Å². The van der Waals surface area contributed by atoms with E-state index in [2.05, 4.69) is 16.1 Å². The molecule has 1 atom stereocenters. The molecule has 8 nitrogen and oxygen atoms in total. The van der Waals surface area contributed by atoms with Gasteiger partial charge >= 0.3 is 12.1 Å². The predicted octanol–water partition coefficient (Wildman–Crippen LogP) is 0.997. The molecule has 2 saturated heterocycles. The minimum Gasteiger partial charge on any atom is -0.475 e. The fourth-order valence-electron chi connectivity index (χ4n) is 3.77. The van der Waals surface area contributed by atoms with Crippen molar-refractivity contribution in [1.82, 2.24) is 14.7 Å². The van der Waals surface area contributed by atoms with Crippen molar-refractivity contribution in [3.8, 4) is 0 Å². The van der Waals surface area contributed by atoms with Crippen LogP contribution in [0.3, 0.4) is 0 Å². The summed E-state index contributed by atoms with van der Waals surface area (Å²) in [5, 5.41) is 11.5. The Morgan fingerprint density at radius 2 is 2.00 bits per heavy atom. The Hall–Kier alpha value is -1.66. The van der Waals surface area contributed by atoms with E-state index in [1.807, 2.05) is 18.7 Å². The second-order valence-corrected chi connectivity index (χ2v) is 9.62. The molecular weight excluding hydrogens is 403 g/mol. The maximum Gasteiger partial charge on any atom is 0.490 e. The van der Waals surface area contributed by atoms with Gasteiger partial charge in [-0.15, -0.1) is 0 Å². The van der Waals surface area contributed by atoms with Gasteiger partial charge in [0, 0.05) is 39.7 Å². The van der Waals surface area contributed by atoms with Crippen molar-refractivity contribution >= 4 is 15.8 Å². The first-order chi connectivity index (χ1) is 12.8. The predicted molar refractivity (Wildman–Crippen MR) is 93.4 cm³/mol. The number of sulfone groups is 1. The first kappa shape index (κ1) is 22.6. The van der Waals surface area contributed by atoms with Crippen LogP contribution in [0.2, 0.25) is 0 Å². The van der Waals surface area contributed by atoms with Crippen molar-refractivity contribution in [1.29, 1.82) is 0 Å². The number of aryl methyl sites for hydroxylation is 2. The molecule has 3 rings (SSSR count). The van der Waals surface area contributed by atoms with Crippen LogP contribution in [0.5, 0.6) is 0 Å². The van der Waals surface area contributed by atoms with Gasteiger partial charge in [0.15, 0.2) is 9.84 Å². The maximum atomic E-state index is 12.4. The Morgan fingerprint density at radius 1 is 1.43 bits per heavy atom. The Balaban J connectivity index is 0.000000345. The molecule has 1 N–H and O–H groups in total. The number of likely N-dealkylation sites (tertiary alicyclic amines) is 1. The number of alkyl halides is 3. The molecule has 0 bridgehead atoms. The van der Waals surface area contributed by atoms with Crippen LogP contribution in [0, 0.1) is 12.8 Å². The summed E-state index contributed by atoms with van der Waals surface area (Å²) in [6.45, 7) is 4.50. The van der Waals surface area contributed by atoms with Crippen LogP contribution in [-0.2, 0) is 33.0 Å². The van der Waals surface area contributed by atoms with Crippen molar-refractivity contribution in [2.45, 2.75) is 30.8 Å². The average molecular weight is 427 g/mol. The summed E-state index contributed by atoms with van der Waals surface area (Å²) in [4.78, 5) is 11.1. The Morgan fingerprint density at radius 3 is 2.43 bits per heavy atom. The zero-order valence-electron chi connectivity index (χ0n) is 15.9.